The minimum absolute atomic E-state index is 0.171. The van der Waals surface area contributed by atoms with E-state index in [1.165, 1.54) is 16.9 Å². The van der Waals surface area contributed by atoms with Crippen LogP contribution in [0.15, 0.2) is 72.4 Å². The summed E-state index contributed by atoms with van der Waals surface area (Å²) in [5.41, 5.74) is 3.93. The Morgan fingerprint density at radius 1 is 1.10 bits per heavy atom. The van der Waals surface area contributed by atoms with Gasteiger partial charge in [-0.1, -0.05) is 60.7 Å². The number of alkyl carbamates (subject to hydrolysis) is 1. The number of thiazole rings is 1. The van der Waals surface area contributed by atoms with Crippen LogP contribution in [0.25, 0.3) is 0 Å². The molecule has 151 valence electrons. The summed E-state index contributed by atoms with van der Waals surface area (Å²) in [6.45, 7) is 0.171. The zero-order valence-electron chi connectivity index (χ0n) is 16.1. The second kappa shape index (κ2) is 11.3. The van der Waals surface area contributed by atoms with Gasteiger partial charge >= 0.3 is 6.09 Å². The van der Waals surface area contributed by atoms with Crippen LogP contribution in [0.5, 0.6) is 0 Å². The maximum atomic E-state index is 12.3. The maximum Gasteiger partial charge on any atom is 0.407 e. The van der Waals surface area contributed by atoms with Crippen LogP contribution in [0, 0.1) is 6.42 Å². The van der Waals surface area contributed by atoms with E-state index < -0.39 is 18.2 Å². The minimum atomic E-state index is -0.713. The molecule has 6 heteroatoms. The van der Waals surface area contributed by atoms with Crippen LogP contribution in [-0.4, -0.2) is 28.3 Å². The van der Waals surface area contributed by atoms with E-state index in [1.807, 2.05) is 55.0 Å². The summed E-state index contributed by atoms with van der Waals surface area (Å²) in [4.78, 5) is 17.1. The van der Waals surface area contributed by atoms with Crippen LogP contribution in [0.1, 0.15) is 22.4 Å². The molecule has 0 aliphatic heterocycles. The third kappa shape index (κ3) is 7.33. The van der Waals surface area contributed by atoms with E-state index in [9.17, 15) is 9.90 Å². The van der Waals surface area contributed by atoms with E-state index in [0.717, 1.165) is 16.9 Å². The lowest BCUT2D eigenvalue weighted by Crippen LogP contribution is -2.45. The number of amides is 1. The van der Waals surface area contributed by atoms with Crippen molar-refractivity contribution in [1.82, 2.24) is 10.3 Å². The van der Waals surface area contributed by atoms with Gasteiger partial charge in [-0.3, -0.25) is 4.98 Å². The standard InChI is InChI=1S/C23H25N2O3S/c26-22(13-7-12-18-8-3-1-4-9-18)21(14-19-10-5-2-6-11-19)25-23(27)28-16-20-15-24-17-29-20/h1-11,15,17,21-22,26H,12-14,16H2,(H,25,27)/t21-,22-/m0/s1. The second-order valence-electron chi connectivity index (χ2n) is 6.77. The van der Waals surface area contributed by atoms with Gasteiger partial charge in [0.05, 0.1) is 22.5 Å². The van der Waals surface area contributed by atoms with Gasteiger partial charge < -0.3 is 15.2 Å². The van der Waals surface area contributed by atoms with Gasteiger partial charge in [-0.05, 0) is 36.8 Å². The molecule has 3 rings (SSSR count). The molecule has 2 N–H and O–H groups in total. The smallest absolute Gasteiger partial charge is 0.407 e. The molecule has 1 radical (unpaired) electrons. The van der Waals surface area contributed by atoms with E-state index in [1.54, 1.807) is 11.7 Å². The minimum Gasteiger partial charge on any atom is -0.444 e. The zero-order chi connectivity index (χ0) is 20.3. The molecular formula is C23H25N2O3S. The summed E-state index contributed by atoms with van der Waals surface area (Å²) in [6.07, 6.45) is 4.23. The molecule has 2 atom stereocenters. The lowest BCUT2D eigenvalue weighted by atomic mass is 9.96. The van der Waals surface area contributed by atoms with Crippen LogP contribution in [-0.2, 0) is 24.2 Å². The molecule has 0 fully saturated rings. The topological polar surface area (TPSA) is 71.5 Å². The number of nitrogens with zero attached hydrogens (tertiary/aromatic N) is 1. The first-order valence-electron chi connectivity index (χ1n) is 9.59. The first-order chi connectivity index (χ1) is 14.2. The molecular weight excluding hydrogens is 384 g/mol. The first kappa shape index (κ1) is 21.0. The molecule has 1 aromatic heterocycles. The van der Waals surface area contributed by atoms with Crippen LogP contribution in [0.2, 0.25) is 0 Å². The van der Waals surface area contributed by atoms with Crippen molar-refractivity contribution in [2.75, 3.05) is 0 Å². The van der Waals surface area contributed by atoms with Crippen molar-refractivity contribution in [3.8, 4) is 0 Å². The molecule has 3 aromatic rings. The zero-order valence-corrected chi connectivity index (χ0v) is 16.9. The Balaban J connectivity index is 1.54. The van der Waals surface area contributed by atoms with Crippen molar-refractivity contribution >= 4 is 17.4 Å². The van der Waals surface area contributed by atoms with Crippen LogP contribution in [0.4, 0.5) is 4.79 Å². The fraction of sp³-hybridized carbons (Fsp3) is 0.261. The lowest BCUT2D eigenvalue weighted by molar-refractivity contribution is 0.101. The van der Waals surface area contributed by atoms with Gasteiger partial charge in [0.25, 0.3) is 0 Å². The predicted molar refractivity (Wildman–Crippen MR) is 114 cm³/mol. The van der Waals surface area contributed by atoms with Crippen molar-refractivity contribution in [3.63, 3.8) is 0 Å². The molecule has 0 aliphatic rings. The van der Waals surface area contributed by atoms with Crippen molar-refractivity contribution in [2.24, 2.45) is 0 Å². The number of hydrogen-bond donors (Lipinski definition) is 2. The quantitative estimate of drug-likeness (QED) is 0.527. The van der Waals surface area contributed by atoms with Crippen LogP contribution in [0.3, 0.4) is 0 Å². The van der Waals surface area contributed by atoms with E-state index in [0.29, 0.717) is 12.8 Å². The van der Waals surface area contributed by atoms with E-state index in [4.69, 9.17) is 4.74 Å². The number of aromatic nitrogens is 1. The summed E-state index contributed by atoms with van der Waals surface area (Å²) in [5, 5.41) is 13.6. The van der Waals surface area contributed by atoms with Gasteiger partial charge in [-0.25, -0.2) is 4.79 Å². The Labute approximate surface area is 175 Å². The highest BCUT2D eigenvalue weighted by Gasteiger charge is 2.22. The molecule has 0 saturated carbocycles. The van der Waals surface area contributed by atoms with Crippen LogP contribution >= 0.6 is 11.3 Å². The Morgan fingerprint density at radius 2 is 1.79 bits per heavy atom. The third-order valence-corrected chi connectivity index (χ3v) is 5.28. The number of carbonyl (C=O) groups is 1. The predicted octanol–water partition coefficient (Wildman–Crippen LogP) is 4.18. The van der Waals surface area contributed by atoms with Gasteiger partial charge in [0, 0.05) is 6.20 Å². The molecule has 0 saturated heterocycles. The Bertz CT molecular complexity index is 841. The first-order valence-corrected chi connectivity index (χ1v) is 10.5. The number of rotatable bonds is 10. The highest BCUT2D eigenvalue weighted by atomic mass is 32.1. The van der Waals surface area contributed by atoms with Crippen molar-refractivity contribution < 1.29 is 14.6 Å². The summed E-state index contributed by atoms with van der Waals surface area (Å²) >= 11 is 1.43. The molecule has 2 aromatic carbocycles. The fourth-order valence-electron chi connectivity index (χ4n) is 2.99. The number of carbonyl (C=O) groups excluding carboxylic acids is 1. The molecule has 0 spiro atoms. The molecule has 0 bridgehead atoms. The normalized spacial score (nSPS) is 12.9. The third-order valence-electron chi connectivity index (χ3n) is 4.53. The average Bonchev–Trinajstić information content (AvgIpc) is 3.27. The van der Waals surface area contributed by atoms with Gasteiger partial charge in [-0.2, -0.15) is 0 Å². The summed E-state index contributed by atoms with van der Waals surface area (Å²) in [5.74, 6) is 0. The van der Waals surface area contributed by atoms with E-state index in [2.05, 4.69) is 22.4 Å². The molecule has 29 heavy (non-hydrogen) atoms. The summed E-state index contributed by atoms with van der Waals surface area (Å²) < 4.78 is 5.28. The summed E-state index contributed by atoms with van der Waals surface area (Å²) in [6, 6.07) is 19.4. The molecule has 1 heterocycles. The summed E-state index contributed by atoms with van der Waals surface area (Å²) in [7, 11) is 0. The number of aliphatic hydroxyl groups is 1. The van der Waals surface area contributed by atoms with Crippen molar-refractivity contribution in [2.45, 2.75) is 38.0 Å². The van der Waals surface area contributed by atoms with Crippen LogP contribution < -0.4 is 5.32 Å². The van der Waals surface area contributed by atoms with Crippen molar-refractivity contribution in [3.05, 3.63) is 94.8 Å². The highest BCUT2D eigenvalue weighted by molar-refractivity contribution is 7.09. The Kier molecular flexibility index (Phi) is 8.22. The molecule has 0 unspecified atom stereocenters. The number of ether oxygens (including phenoxy) is 1. The number of hydrogen-bond acceptors (Lipinski definition) is 5. The van der Waals surface area contributed by atoms with Gasteiger partial charge in [0.1, 0.15) is 6.61 Å². The molecule has 5 nitrogen and oxygen atoms in total. The van der Waals surface area contributed by atoms with Crippen molar-refractivity contribution in [1.29, 1.82) is 0 Å². The van der Waals surface area contributed by atoms with Gasteiger partial charge in [0.2, 0.25) is 0 Å². The number of benzene rings is 2. The number of aliphatic hydroxyl groups excluding tert-OH is 1. The molecule has 1 amide bonds. The Hall–Kier alpha value is -2.70. The fourth-order valence-corrected chi connectivity index (χ4v) is 3.50. The monoisotopic (exact) mass is 409 g/mol. The maximum absolute atomic E-state index is 12.3. The van der Waals surface area contributed by atoms with Gasteiger partial charge in [-0.15, -0.1) is 11.3 Å². The van der Waals surface area contributed by atoms with E-state index in [-0.39, 0.29) is 6.61 Å². The largest absolute Gasteiger partial charge is 0.444 e. The second-order valence-corrected chi connectivity index (χ2v) is 7.74. The van der Waals surface area contributed by atoms with Gasteiger partial charge in [0.15, 0.2) is 0 Å². The Morgan fingerprint density at radius 3 is 2.45 bits per heavy atom. The highest BCUT2D eigenvalue weighted by Crippen LogP contribution is 2.13. The van der Waals surface area contributed by atoms with E-state index >= 15 is 0 Å². The lowest BCUT2D eigenvalue weighted by Gasteiger charge is -2.24. The molecule has 0 aliphatic carbocycles. The average molecular weight is 410 g/mol. The number of nitrogens with one attached hydrogen (secondary N) is 1. The SMILES string of the molecule is O=C(N[C@@H](Cc1ccccc1)[C@@H](O)C[CH]Cc1ccccc1)OCc1cncs1.